The van der Waals surface area contributed by atoms with Gasteiger partial charge in [0.2, 0.25) is 0 Å². The topological polar surface area (TPSA) is 165 Å². The van der Waals surface area contributed by atoms with E-state index in [4.69, 9.17) is 28.4 Å². The Balaban J connectivity index is 0.000000304. The summed E-state index contributed by atoms with van der Waals surface area (Å²) in [6.45, 7) is 11.8. The number of esters is 2. The molecule has 0 aromatic carbocycles. The molecule has 1 spiro atoms. The van der Waals surface area contributed by atoms with E-state index < -0.39 is 53.2 Å². The van der Waals surface area contributed by atoms with Gasteiger partial charge in [0.05, 0.1) is 27.4 Å². The third kappa shape index (κ3) is 12.3. The summed E-state index contributed by atoms with van der Waals surface area (Å²) in [6, 6.07) is -1.48. The highest BCUT2D eigenvalue weighted by atomic mass is 16.7. The molecule has 2 N–H and O–H groups in total. The van der Waals surface area contributed by atoms with Crippen LogP contribution in [0.15, 0.2) is 0 Å². The maximum absolute atomic E-state index is 12.1. The van der Waals surface area contributed by atoms with Gasteiger partial charge in [-0.2, -0.15) is 0 Å². The SMILES string of the molecule is COC(=O)C(NC(=O)OC(C)(C)C)C1CCC(=O)CC1.COC(=O)C(NC(=O)OC(C)(C)C)C1CCC2(CC1)OCCO2. The van der Waals surface area contributed by atoms with E-state index in [0.717, 1.165) is 12.8 Å². The first-order valence-electron chi connectivity index (χ1n) is 14.9. The first-order chi connectivity index (χ1) is 20.0. The maximum atomic E-state index is 12.1. The van der Waals surface area contributed by atoms with Crippen molar-refractivity contribution in [3.05, 3.63) is 0 Å². The van der Waals surface area contributed by atoms with Crippen molar-refractivity contribution in [2.24, 2.45) is 11.8 Å². The molecule has 3 aliphatic rings. The standard InChI is InChI=1S/C16H27NO6.C14H23NO5/c1-15(2,3)23-14(19)17-12(13(18)20-4)11-5-7-16(8-6-11)21-9-10-22-16;1-14(2,3)20-13(18)15-11(12(17)19-4)9-5-7-10(16)8-6-9/h11-12H,5-10H2,1-4H3,(H,17,19);9,11H,5-8H2,1-4H3,(H,15,18). The van der Waals surface area contributed by atoms with Crippen LogP contribution >= 0.6 is 0 Å². The molecule has 0 radical (unpaired) electrons. The number of amides is 2. The van der Waals surface area contributed by atoms with Crippen LogP contribution < -0.4 is 10.6 Å². The molecule has 1 aliphatic heterocycles. The predicted molar refractivity (Wildman–Crippen MR) is 154 cm³/mol. The zero-order valence-corrected chi connectivity index (χ0v) is 26.9. The minimum atomic E-state index is -0.761. The molecule has 43 heavy (non-hydrogen) atoms. The predicted octanol–water partition coefficient (Wildman–Crippen LogP) is 3.80. The van der Waals surface area contributed by atoms with Crippen LogP contribution in [-0.2, 0) is 42.8 Å². The van der Waals surface area contributed by atoms with Gasteiger partial charge >= 0.3 is 24.1 Å². The van der Waals surface area contributed by atoms with Gasteiger partial charge in [-0.15, -0.1) is 0 Å². The van der Waals surface area contributed by atoms with Crippen molar-refractivity contribution in [3.8, 4) is 0 Å². The van der Waals surface area contributed by atoms with Crippen LogP contribution in [0.25, 0.3) is 0 Å². The van der Waals surface area contributed by atoms with Crippen molar-refractivity contribution < 1.29 is 52.4 Å². The third-order valence-corrected chi connectivity index (χ3v) is 7.39. The first kappa shape index (κ1) is 36.3. The summed E-state index contributed by atoms with van der Waals surface area (Å²) < 4.78 is 31.3. The molecular weight excluding hydrogens is 564 g/mol. The number of rotatable bonds is 6. The van der Waals surface area contributed by atoms with Crippen molar-refractivity contribution >= 4 is 29.9 Å². The molecule has 13 heteroatoms. The number of Topliss-reactive ketones (excluding diaryl/α,β-unsaturated/α-hetero) is 1. The van der Waals surface area contributed by atoms with Gasteiger partial charge in [0.25, 0.3) is 0 Å². The fourth-order valence-electron chi connectivity index (χ4n) is 5.36. The van der Waals surface area contributed by atoms with Crippen molar-refractivity contribution in [1.29, 1.82) is 0 Å². The molecular formula is C30H50N2O11. The quantitative estimate of drug-likeness (QED) is 0.330. The smallest absolute Gasteiger partial charge is 0.408 e. The average molecular weight is 615 g/mol. The van der Waals surface area contributed by atoms with Gasteiger partial charge in [0.15, 0.2) is 5.79 Å². The van der Waals surface area contributed by atoms with Crippen molar-refractivity contribution in [2.45, 2.75) is 122 Å². The van der Waals surface area contributed by atoms with E-state index in [9.17, 15) is 24.0 Å². The van der Waals surface area contributed by atoms with E-state index in [0.29, 0.717) is 51.7 Å². The van der Waals surface area contributed by atoms with Gasteiger partial charge in [0, 0.05) is 25.7 Å². The third-order valence-electron chi connectivity index (χ3n) is 7.39. The van der Waals surface area contributed by atoms with Gasteiger partial charge in [-0.3, -0.25) is 4.79 Å². The first-order valence-corrected chi connectivity index (χ1v) is 14.9. The van der Waals surface area contributed by atoms with Crippen molar-refractivity contribution in [1.82, 2.24) is 10.6 Å². The number of hydrogen-bond donors (Lipinski definition) is 2. The summed E-state index contributed by atoms with van der Waals surface area (Å²) in [5.41, 5.74) is -1.25. The Bertz CT molecular complexity index is 960. The van der Waals surface area contributed by atoms with Gasteiger partial charge in [0.1, 0.15) is 29.1 Å². The number of methoxy groups -OCH3 is 2. The second kappa shape index (κ2) is 15.7. The highest BCUT2D eigenvalue weighted by Gasteiger charge is 2.44. The zero-order valence-electron chi connectivity index (χ0n) is 26.9. The van der Waals surface area contributed by atoms with Crippen LogP contribution in [0.2, 0.25) is 0 Å². The number of carbonyl (C=O) groups is 5. The maximum Gasteiger partial charge on any atom is 0.408 e. The van der Waals surface area contributed by atoms with Gasteiger partial charge in [-0.05, 0) is 79.1 Å². The second-order valence-corrected chi connectivity index (χ2v) is 13.1. The Morgan fingerprint density at radius 1 is 0.721 bits per heavy atom. The number of ether oxygens (including phenoxy) is 6. The summed E-state index contributed by atoms with van der Waals surface area (Å²) in [4.78, 5) is 58.9. The molecule has 0 bridgehead atoms. The van der Waals surface area contributed by atoms with Crippen LogP contribution in [-0.4, -0.2) is 86.4 Å². The molecule has 2 amide bonds. The van der Waals surface area contributed by atoms with E-state index in [1.807, 2.05) is 0 Å². The molecule has 13 nitrogen and oxygen atoms in total. The monoisotopic (exact) mass is 614 g/mol. The van der Waals surface area contributed by atoms with Crippen molar-refractivity contribution in [2.75, 3.05) is 27.4 Å². The molecule has 3 rings (SSSR count). The lowest BCUT2D eigenvalue weighted by Gasteiger charge is -2.37. The highest BCUT2D eigenvalue weighted by Crippen LogP contribution is 2.39. The molecule has 0 aromatic heterocycles. The average Bonchev–Trinajstić information content (AvgIpc) is 3.37. The molecule has 1 heterocycles. The van der Waals surface area contributed by atoms with Crippen LogP contribution in [0, 0.1) is 11.8 Å². The van der Waals surface area contributed by atoms with Crippen LogP contribution in [0.4, 0.5) is 9.59 Å². The second-order valence-electron chi connectivity index (χ2n) is 13.1. The number of nitrogens with one attached hydrogen (secondary N) is 2. The van der Waals surface area contributed by atoms with E-state index in [2.05, 4.69) is 10.6 Å². The lowest BCUT2D eigenvalue weighted by Crippen LogP contribution is -2.50. The summed E-state index contributed by atoms with van der Waals surface area (Å²) in [6.07, 6.45) is 3.63. The van der Waals surface area contributed by atoms with E-state index in [-0.39, 0.29) is 17.6 Å². The van der Waals surface area contributed by atoms with Crippen LogP contribution in [0.1, 0.15) is 92.9 Å². The Morgan fingerprint density at radius 3 is 1.44 bits per heavy atom. The lowest BCUT2D eigenvalue weighted by atomic mass is 9.80. The van der Waals surface area contributed by atoms with E-state index in [1.165, 1.54) is 14.2 Å². The van der Waals surface area contributed by atoms with Crippen molar-refractivity contribution in [3.63, 3.8) is 0 Å². The Hall–Kier alpha value is -2.93. The zero-order chi connectivity index (χ0) is 32.4. The normalized spacial score (nSPS) is 20.6. The molecule has 2 saturated carbocycles. The molecule has 2 unspecified atom stereocenters. The fraction of sp³-hybridized carbons (Fsp3) is 0.833. The minimum Gasteiger partial charge on any atom is -0.467 e. The van der Waals surface area contributed by atoms with Gasteiger partial charge in [-0.1, -0.05) is 0 Å². The Labute approximate surface area is 254 Å². The number of ketones is 1. The largest absolute Gasteiger partial charge is 0.467 e. The number of hydrogen-bond acceptors (Lipinski definition) is 11. The Morgan fingerprint density at radius 2 is 1.09 bits per heavy atom. The van der Waals surface area contributed by atoms with Crippen LogP contribution in [0.3, 0.4) is 0 Å². The summed E-state index contributed by atoms with van der Waals surface area (Å²) in [5.74, 6) is -1.37. The molecule has 3 fully saturated rings. The number of carbonyl (C=O) groups excluding carboxylic acids is 5. The summed E-state index contributed by atoms with van der Waals surface area (Å²) in [5, 5.41) is 5.22. The number of alkyl carbamates (subject to hydrolysis) is 2. The fourth-order valence-corrected chi connectivity index (χ4v) is 5.36. The van der Waals surface area contributed by atoms with E-state index in [1.54, 1.807) is 41.5 Å². The van der Waals surface area contributed by atoms with Gasteiger partial charge in [-0.25, -0.2) is 19.2 Å². The molecule has 246 valence electrons. The van der Waals surface area contributed by atoms with Crippen LogP contribution in [0.5, 0.6) is 0 Å². The molecule has 1 saturated heterocycles. The molecule has 2 aliphatic carbocycles. The lowest BCUT2D eigenvalue weighted by molar-refractivity contribution is -0.185. The highest BCUT2D eigenvalue weighted by molar-refractivity contribution is 5.83. The van der Waals surface area contributed by atoms with Gasteiger partial charge < -0.3 is 39.1 Å². The van der Waals surface area contributed by atoms with E-state index >= 15 is 0 Å². The Kier molecular flexibility index (Phi) is 13.2. The summed E-state index contributed by atoms with van der Waals surface area (Å²) >= 11 is 0. The molecule has 2 atom stereocenters. The molecule has 0 aromatic rings. The summed E-state index contributed by atoms with van der Waals surface area (Å²) in [7, 11) is 2.60. The minimum absolute atomic E-state index is 0.0200.